The molecule has 1 N–H and O–H groups in total. The third kappa shape index (κ3) is 6.36. The maximum atomic E-state index is 13.1. The van der Waals surface area contributed by atoms with Gasteiger partial charge in [-0.15, -0.1) is 0 Å². The van der Waals surface area contributed by atoms with Crippen LogP contribution in [0.5, 0.6) is 0 Å². The molecule has 0 spiro atoms. The Balaban J connectivity index is 2.19. The van der Waals surface area contributed by atoms with E-state index in [0.717, 1.165) is 34.7 Å². The van der Waals surface area contributed by atoms with Gasteiger partial charge in [0.05, 0.1) is 18.0 Å². The van der Waals surface area contributed by atoms with Crippen molar-refractivity contribution < 1.29 is 17.6 Å². The van der Waals surface area contributed by atoms with E-state index >= 15 is 0 Å². The van der Waals surface area contributed by atoms with Crippen molar-refractivity contribution in [2.75, 3.05) is 17.1 Å². The Bertz CT molecular complexity index is 853. The quantitative estimate of drug-likeness (QED) is 0.748. The molecule has 0 heterocycles. The highest BCUT2D eigenvalue weighted by Gasteiger charge is 2.23. The van der Waals surface area contributed by atoms with Crippen molar-refractivity contribution in [2.45, 2.75) is 26.3 Å². The van der Waals surface area contributed by atoms with E-state index in [2.05, 4.69) is 19.2 Å². The van der Waals surface area contributed by atoms with Crippen molar-refractivity contribution in [2.24, 2.45) is 5.92 Å². The summed E-state index contributed by atoms with van der Waals surface area (Å²) in [5, 5.41) is 2.93. The second-order valence-corrected chi connectivity index (χ2v) is 8.81. The first-order valence-electron chi connectivity index (χ1n) is 8.74. The molecular weight excluding hydrogens is 367 g/mol. The van der Waals surface area contributed by atoms with Crippen LogP contribution in [-0.2, 0) is 14.8 Å². The molecule has 0 aromatic heterocycles. The Kier molecular flexibility index (Phi) is 6.96. The fraction of sp³-hybridized carbons (Fsp3) is 0.350. The van der Waals surface area contributed by atoms with Crippen LogP contribution in [0.2, 0.25) is 0 Å². The van der Waals surface area contributed by atoms with E-state index in [0.29, 0.717) is 5.92 Å². The lowest BCUT2D eigenvalue weighted by molar-refractivity contribution is -0.120. The van der Waals surface area contributed by atoms with Crippen LogP contribution in [0.4, 0.5) is 10.1 Å². The molecule has 0 saturated heterocycles. The molecule has 0 bridgehead atoms. The molecule has 1 amide bonds. The predicted molar refractivity (Wildman–Crippen MR) is 105 cm³/mol. The minimum atomic E-state index is -3.70. The van der Waals surface area contributed by atoms with Gasteiger partial charge in [0.25, 0.3) is 0 Å². The Morgan fingerprint density at radius 2 is 1.67 bits per heavy atom. The van der Waals surface area contributed by atoms with Gasteiger partial charge in [-0.2, -0.15) is 0 Å². The first-order valence-corrected chi connectivity index (χ1v) is 10.6. The number of sulfonamides is 1. The van der Waals surface area contributed by atoms with Crippen LogP contribution in [0, 0.1) is 11.7 Å². The zero-order valence-corrected chi connectivity index (χ0v) is 16.5. The molecule has 2 aromatic rings. The van der Waals surface area contributed by atoms with Gasteiger partial charge >= 0.3 is 0 Å². The van der Waals surface area contributed by atoms with E-state index in [1.807, 2.05) is 30.3 Å². The smallest absolute Gasteiger partial charge is 0.241 e. The Hall–Kier alpha value is -2.41. The number of anilines is 1. The largest absolute Gasteiger partial charge is 0.348 e. The van der Waals surface area contributed by atoms with E-state index in [4.69, 9.17) is 0 Å². The standard InChI is InChI=1S/C20H25FN2O3S/c1-15(2)13-19(16-7-5-4-6-8-16)22-20(24)14-23(27(3,25)26)18-11-9-17(21)10-12-18/h4-12,15,19H,13-14H2,1-3H3,(H,22,24)/t19-/m0/s1. The summed E-state index contributed by atoms with van der Waals surface area (Å²) in [5.74, 6) is -0.546. The van der Waals surface area contributed by atoms with Crippen LogP contribution in [0.15, 0.2) is 54.6 Å². The third-order valence-electron chi connectivity index (χ3n) is 4.05. The van der Waals surface area contributed by atoms with Gasteiger partial charge in [-0.1, -0.05) is 44.2 Å². The lowest BCUT2D eigenvalue weighted by atomic mass is 9.97. The van der Waals surface area contributed by atoms with Crippen LogP contribution < -0.4 is 9.62 Å². The van der Waals surface area contributed by atoms with Gasteiger partial charge in [0, 0.05) is 0 Å². The Morgan fingerprint density at radius 3 is 2.19 bits per heavy atom. The molecule has 0 aliphatic heterocycles. The molecule has 0 saturated carbocycles. The molecule has 146 valence electrons. The van der Waals surface area contributed by atoms with E-state index < -0.39 is 21.7 Å². The lowest BCUT2D eigenvalue weighted by Gasteiger charge is -2.25. The van der Waals surface area contributed by atoms with Crippen molar-refractivity contribution in [3.63, 3.8) is 0 Å². The minimum absolute atomic E-state index is 0.215. The summed E-state index contributed by atoms with van der Waals surface area (Å²) in [6.07, 6.45) is 1.75. The number of benzene rings is 2. The second-order valence-electron chi connectivity index (χ2n) is 6.91. The number of carbonyl (C=O) groups excluding carboxylic acids is 1. The maximum Gasteiger partial charge on any atom is 0.241 e. The summed E-state index contributed by atoms with van der Waals surface area (Å²) < 4.78 is 38.4. The van der Waals surface area contributed by atoms with Crippen LogP contribution >= 0.6 is 0 Å². The van der Waals surface area contributed by atoms with Gasteiger partial charge in [0.15, 0.2) is 0 Å². The van der Waals surface area contributed by atoms with E-state index in [1.165, 1.54) is 12.1 Å². The highest BCUT2D eigenvalue weighted by Crippen LogP contribution is 2.22. The van der Waals surface area contributed by atoms with Gasteiger partial charge in [-0.25, -0.2) is 12.8 Å². The molecule has 0 unspecified atom stereocenters. The molecular formula is C20H25FN2O3S. The third-order valence-corrected chi connectivity index (χ3v) is 5.19. The van der Waals surface area contributed by atoms with Crippen molar-refractivity contribution in [3.05, 3.63) is 66.0 Å². The SMILES string of the molecule is CC(C)C[C@H](NC(=O)CN(c1ccc(F)cc1)S(C)(=O)=O)c1ccccc1. The van der Waals surface area contributed by atoms with Gasteiger partial charge in [-0.3, -0.25) is 9.10 Å². The summed E-state index contributed by atoms with van der Waals surface area (Å²) in [6.45, 7) is 3.75. The van der Waals surface area contributed by atoms with Gasteiger partial charge in [-0.05, 0) is 42.2 Å². The molecule has 0 radical (unpaired) electrons. The molecule has 2 rings (SSSR count). The van der Waals surface area contributed by atoms with Gasteiger partial charge in [0.1, 0.15) is 12.4 Å². The monoisotopic (exact) mass is 392 g/mol. The summed E-state index contributed by atoms with van der Waals surface area (Å²) >= 11 is 0. The number of hydrogen-bond acceptors (Lipinski definition) is 3. The van der Waals surface area contributed by atoms with Crippen LogP contribution in [-0.4, -0.2) is 27.1 Å². The average Bonchev–Trinajstić information content (AvgIpc) is 2.59. The number of amides is 1. The molecule has 1 atom stereocenters. The topological polar surface area (TPSA) is 66.5 Å². The molecule has 0 aliphatic rings. The highest BCUT2D eigenvalue weighted by molar-refractivity contribution is 7.92. The molecule has 2 aromatic carbocycles. The average molecular weight is 392 g/mol. The lowest BCUT2D eigenvalue weighted by Crippen LogP contribution is -2.41. The minimum Gasteiger partial charge on any atom is -0.348 e. The molecule has 0 aliphatic carbocycles. The van der Waals surface area contributed by atoms with Crippen LogP contribution in [0.25, 0.3) is 0 Å². The number of hydrogen-bond donors (Lipinski definition) is 1. The number of rotatable bonds is 8. The van der Waals surface area contributed by atoms with Gasteiger partial charge < -0.3 is 5.32 Å². The van der Waals surface area contributed by atoms with Crippen LogP contribution in [0.3, 0.4) is 0 Å². The first kappa shape index (κ1) is 20.9. The maximum absolute atomic E-state index is 13.1. The Morgan fingerprint density at radius 1 is 1.07 bits per heavy atom. The molecule has 0 fully saturated rings. The zero-order valence-electron chi connectivity index (χ0n) is 15.7. The summed E-state index contributed by atoms with van der Waals surface area (Å²) in [5.41, 5.74) is 1.21. The number of carbonyl (C=O) groups is 1. The molecule has 7 heteroatoms. The summed E-state index contributed by atoms with van der Waals surface area (Å²) in [4.78, 5) is 12.6. The normalized spacial score (nSPS) is 12.6. The van der Waals surface area contributed by atoms with Crippen molar-refractivity contribution in [1.29, 1.82) is 0 Å². The number of nitrogens with one attached hydrogen (secondary N) is 1. The number of halogens is 1. The van der Waals surface area contributed by atoms with E-state index in [1.54, 1.807) is 0 Å². The molecule has 27 heavy (non-hydrogen) atoms. The molecule has 5 nitrogen and oxygen atoms in total. The summed E-state index contributed by atoms with van der Waals surface area (Å²) in [7, 11) is -3.70. The van der Waals surface area contributed by atoms with E-state index in [-0.39, 0.29) is 18.3 Å². The highest BCUT2D eigenvalue weighted by atomic mass is 32.2. The van der Waals surface area contributed by atoms with Crippen molar-refractivity contribution in [1.82, 2.24) is 5.32 Å². The van der Waals surface area contributed by atoms with Crippen molar-refractivity contribution >= 4 is 21.6 Å². The zero-order chi connectivity index (χ0) is 20.0. The number of nitrogens with zero attached hydrogens (tertiary/aromatic N) is 1. The predicted octanol–water partition coefficient (Wildman–Crippen LogP) is 3.50. The summed E-state index contributed by atoms with van der Waals surface area (Å²) in [6, 6.07) is 14.4. The van der Waals surface area contributed by atoms with E-state index in [9.17, 15) is 17.6 Å². The fourth-order valence-corrected chi connectivity index (χ4v) is 3.67. The second kappa shape index (κ2) is 8.99. The van der Waals surface area contributed by atoms with Crippen molar-refractivity contribution in [3.8, 4) is 0 Å². The fourth-order valence-electron chi connectivity index (χ4n) is 2.81. The first-order chi connectivity index (χ1) is 12.7. The van der Waals surface area contributed by atoms with Gasteiger partial charge in [0.2, 0.25) is 15.9 Å². The Labute approximate surface area is 160 Å². The van der Waals surface area contributed by atoms with Crippen LogP contribution in [0.1, 0.15) is 31.9 Å².